The molecular weight excluding hydrogens is 290 g/mol. The summed E-state index contributed by atoms with van der Waals surface area (Å²) >= 11 is 5.90. The van der Waals surface area contributed by atoms with Gasteiger partial charge in [-0.05, 0) is 37.3 Å². The van der Waals surface area contributed by atoms with Gasteiger partial charge in [-0.3, -0.25) is 9.78 Å². The molecule has 6 heteroatoms. The highest BCUT2D eigenvalue weighted by Crippen LogP contribution is 2.22. The predicted molar refractivity (Wildman–Crippen MR) is 81.9 cm³/mol. The maximum Gasteiger partial charge on any atom is 0.275 e. The third-order valence-electron chi connectivity index (χ3n) is 2.83. The van der Waals surface area contributed by atoms with E-state index in [1.807, 2.05) is 12.1 Å². The summed E-state index contributed by atoms with van der Waals surface area (Å²) in [6.45, 7) is 1.80. The fraction of sp³-hybridized carbons (Fsp3) is 0.133. The van der Waals surface area contributed by atoms with E-state index in [2.05, 4.69) is 15.5 Å². The van der Waals surface area contributed by atoms with E-state index >= 15 is 0 Å². The second-order valence-electron chi connectivity index (χ2n) is 4.22. The molecule has 0 spiro atoms. The molecule has 0 aliphatic rings. The normalized spacial score (nSPS) is 11.1. The molecule has 0 fully saturated rings. The fourth-order valence-electron chi connectivity index (χ4n) is 1.71. The Hall–Kier alpha value is -2.40. The molecule has 0 unspecified atom stereocenters. The summed E-state index contributed by atoms with van der Waals surface area (Å²) in [5.41, 5.74) is 4.37. The maximum absolute atomic E-state index is 12.1. The Labute approximate surface area is 127 Å². The average Bonchev–Trinajstić information content (AvgIpc) is 2.53. The van der Waals surface area contributed by atoms with E-state index < -0.39 is 0 Å². The molecular formula is C15H14ClN3O2. The van der Waals surface area contributed by atoms with Gasteiger partial charge in [-0.15, -0.1) is 0 Å². The smallest absolute Gasteiger partial charge is 0.275 e. The molecule has 0 radical (unpaired) electrons. The highest BCUT2D eigenvalue weighted by Gasteiger charge is 2.12. The summed E-state index contributed by atoms with van der Waals surface area (Å²) in [4.78, 5) is 16.1. The van der Waals surface area contributed by atoms with Gasteiger partial charge in [-0.2, -0.15) is 5.10 Å². The van der Waals surface area contributed by atoms with E-state index in [0.29, 0.717) is 22.0 Å². The Kier molecular flexibility index (Phi) is 4.90. The number of benzene rings is 1. The van der Waals surface area contributed by atoms with E-state index in [-0.39, 0.29) is 5.91 Å². The van der Waals surface area contributed by atoms with Gasteiger partial charge in [0.05, 0.1) is 18.4 Å². The largest absolute Gasteiger partial charge is 0.496 e. The van der Waals surface area contributed by atoms with E-state index in [0.717, 1.165) is 5.56 Å². The number of hydrogen-bond acceptors (Lipinski definition) is 4. The van der Waals surface area contributed by atoms with Crippen molar-refractivity contribution in [3.63, 3.8) is 0 Å². The molecule has 0 bridgehead atoms. The first-order valence-electron chi connectivity index (χ1n) is 6.20. The number of nitrogens with one attached hydrogen (secondary N) is 1. The minimum absolute atomic E-state index is 0.330. The Morgan fingerprint density at radius 2 is 2.00 bits per heavy atom. The van der Waals surface area contributed by atoms with Crippen molar-refractivity contribution in [1.29, 1.82) is 0 Å². The fourth-order valence-corrected chi connectivity index (χ4v) is 1.88. The Bertz CT molecular complexity index is 672. The van der Waals surface area contributed by atoms with Gasteiger partial charge in [0.2, 0.25) is 0 Å². The predicted octanol–water partition coefficient (Wildman–Crippen LogP) is 2.90. The van der Waals surface area contributed by atoms with Crippen molar-refractivity contribution < 1.29 is 9.53 Å². The SMILES string of the molecule is COc1ccc(Cl)cc1C(=O)N/N=C(/C)c1ccncc1. The molecule has 2 aromatic rings. The number of rotatable bonds is 4. The number of aromatic nitrogens is 1. The molecule has 21 heavy (non-hydrogen) atoms. The van der Waals surface area contributed by atoms with E-state index in [1.165, 1.54) is 13.2 Å². The molecule has 0 aliphatic carbocycles. The molecule has 0 atom stereocenters. The number of pyridine rings is 1. The highest BCUT2D eigenvalue weighted by atomic mass is 35.5. The first-order chi connectivity index (χ1) is 10.1. The molecule has 0 saturated heterocycles. The molecule has 5 nitrogen and oxygen atoms in total. The lowest BCUT2D eigenvalue weighted by atomic mass is 10.2. The molecule has 1 aromatic carbocycles. The minimum Gasteiger partial charge on any atom is -0.496 e. The summed E-state index contributed by atoms with van der Waals surface area (Å²) in [5, 5.41) is 4.52. The third kappa shape index (κ3) is 3.79. The molecule has 0 saturated carbocycles. The van der Waals surface area contributed by atoms with Crippen molar-refractivity contribution in [3.05, 3.63) is 58.9 Å². The second kappa shape index (κ2) is 6.85. The Morgan fingerprint density at radius 1 is 1.29 bits per heavy atom. The Morgan fingerprint density at radius 3 is 2.67 bits per heavy atom. The van der Waals surface area contributed by atoms with E-state index in [9.17, 15) is 4.79 Å². The van der Waals surface area contributed by atoms with Crippen molar-refractivity contribution >= 4 is 23.2 Å². The standard InChI is InChI=1S/C15H14ClN3O2/c1-10(11-5-7-17-8-6-11)18-19-15(20)13-9-12(16)3-4-14(13)21-2/h3-9H,1-2H3,(H,19,20)/b18-10-. The van der Waals surface area contributed by atoms with Crippen LogP contribution in [0.15, 0.2) is 47.8 Å². The number of ether oxygens (including phenoxy) is 1. The third-order valence-corrected chi connectivity index (χ3v) is 3.06. The molecule has 1 amide bonds. The second-order valence-corrected chi connectivity index (χ2v) is 4.66. The zero-order valence-corrected chi connectivity index (χ0v) is 12.4. The van der Waals surface area contributed by atoms with Crippen LogP contribution in [0.2, 0.25) is 5.02 Å². The van der Waals surface area contributed by atoms with Gasteiger partial charge in [-0.25, -0.2) is 5.43 Å². The number of methoxy groups -OCH3 is 1. The summed E-state index contributed by atoms with van der Waals surface area (Å²) < 4.78 is 5.14. The molecule has 0 aliphatic heterocycles. The average molecular weight is 304 g/mol. The Balaban J connectivity index is 2.17. The van der Waals surface area contributed by atoms with Crippen molar-refractivity contribution in [2.24, 2.45) is 5.10 Å². The molecule has 2 rings (SSSR count). The van der Waals surface area contributed by atoms with E-state index in [4.69, 9.17) is 16.3 Å². The summed E-state index contributed by atoms with van der Waals surface area (Å²) in [7, 11) is 1.49. The lowest BCUT2D eigenvalue weighted by molar-refractivity contribution is 0.0952. The van der Waals surface area contributed by atoms with Crippen molar-refractivity contribution in [1.82, 2.24) is 10.4 Å². The topological polar surface area (TPSA) is 63.6 Å². The molecule has 108 valence electrons. The minimum atomic E-state index is -0.386. The van der Waals surface area contributed by atoms with Crippen molar-refractivity contribution in [3.8, 4) is 5.75 Å². The number of halogens is 1. The van der Waals surface area contributed by atoms with Gasteiger partial charge >= 0.3 is 0 Å². The van der Waals surface area contributed by atoms with Gasteiger partial charge in [0.15, 0.2) is 0 Å². The number of hydrazone groups is 1. The van der Waals surface area contributed by atoms with Gasteiger partial charge in [0.1, 0.15) is 5.75 Å². The lowest BCUT2D eigenvalue weighted by Gasteiger charge is -2.08. The number of amides is 1. The van der Waals surface area contributed by atoms with E-state index in [1.54, 1.807) is 31.5 Å². The number of hydrogen-bond donors (Lipinski definition) is 1. The first-order valence-corrected chi connectivity index (χ1v) is 6.58. The lowest BCUT2D eigenvalue weighted by Crippen LogP contribution is -2.20. The number of nitrogens with zero attached hydrogens (tertiary/aromatic N) is 2. The van der Waals surface area contributed by atoms with Crippen molar-refractivity contribution in [2.75, 3.05) is 7.11 Å². The summed E-state index contributed by atoms with van der Waals surface area (Å²) in [5.74, 6) is 0.0522. The quantitative estimate of drug-likeness (QED) is 0.698. The van der Waals surface area contributed by atoms with Crippen LogP contribution in [0.3, 0.4) is 0 Å². The summed E-state index contributed by atoms with van der Waals surface area (Å²) in [6, 6.07) is 8.45. The first kappa shape index (κ1) is 15.0. The van der Waals surface area contributed by atoms with Crippen LogP contribution in [-0.2, 0) is 0 Å². The van der Waals surface area contributed by atoms with Gasteiger partial charge < -0.3 is 4.74 Å². The zero-order valence-electron chi connectivity index (χ0n) is 11.6. The van der Waals surface area contributed by atoms with Crippen LogP contribution in [-0.4, -0.2) is 23.7 Å². The zero-order chi connectivity index (χ0) is 15.2. The molecule has 1 aromatic heterocycles. The van der Waals surface area contributed by atoms with Gasteiger partial charge in [0.25, 0.3) is 5.91 Å². The molecule has 1 N–H and O–H groups in total. The van der Waals surface area contributed by atoms with Crippen LogP contribution in [0, 0.1) is 0 Å². The van der Waals surface area contributed by atoms with Crippen LogP contribution in [0.4, 0.5) is 0 Å². The van der Waals surface area contributed by atoms with Gasteiger partial charge in [0, 0.05) is 23.0 Å². The van der Waals surface area contributed by atoms with Crippen LogP contribution in [0.25, 0.3) is 0 Å². The summed E-state index contributed by atoms with van der Waals surface area (Å²) in [6.07, 6.45) is 3.33. The van der Waals surface area contributed by atoms with Crippen LogP contribution >= 0.6 is 11.6 Å². The number of carbonyl (C=O) groups excluding carboxylic acids is 1. The van der Waals surface area contributed by atoms with Crippen LogP contribution in [0.5, 0.6) is 5.75 Å². The monoisotopic (exact) mass is 303 g/mol. The highest BCUT2D eigenvalue weighted by molar-refractivity contribution is 6.31. The van der Waals surface area contributed by atoms with Crippen LogP contribution in [0.1, 0.15) is 22.8 Å². The van der Waals surface area contributed by atoms with Crippen molar-refractivity contribution in [2.45, 2.75) is 6.92 Å². The maximum atomic E-state index is 12.1. The number of carbonyl (C=O) groups is 1. The van der Waals surface area contributed by atoms with Crippen LogP contribution < -0.4 is 10.2 Å². The van der Waals surface area contributed by atoms with Gasteiger partial charge in [-0.1, -0.05) is 11.6 Å². The molecule has 1 heterocycles.